The number of hydrogen-bond acceptors (Lipinski definition) is 2. The van der Waals surface area contributed by atoms with Crippen molar-refractivity contribution in [2.75, 3.05) is 22.9 Å². The first-order valence-electron chi connectivity index (χ1n) is 46.8. The van der Waals surface area contributed by atoms with Gasteiger partial charge in [-0.25, -0.2) is 0 Å². The molecule has 5 heteroatoms. The topological polar surface area (TPSA) is 16.3 Å². The molecule has 6 aliphatic rings. The second kappa shape index (κ2) is 29.0. The summed E-state index contributed by atoms with van der Waals surface area (Å²) in [7, 11) is 0. The van der Waals surface area contributed by atoms with E-state index in [4.69, 9.17) is 0 Å². The molecule has 0 unspecified atom stereocenters. The van der Waals surface area contributed by atoms with Crippen molar-refractivity contribution in [3.05, 3.63) is 491 Å². The van der Waals surface area contributed by atoms with Crippen LogP contribution in [0.25, 0.3) is 138 Å². The minimum atomic E-state index is -0.529. The molecule has 2 aromatic heterocycles. The van der Waals surface area contributed by atoms with E-state index >= 15 is 0 Å². The molecule has 0 amide bonds. The highest BCUT2D eigenvalue weighted by Gasteiger charge is 2.54. The van der Waals surface area contributed by atoms with Gasteiger partial charge in [0.1, 0.15) is 0 Å². The SMILES string of the molecule is CC(C)(C)c1cc2c3c(c1)N(CCc1c(-c4ccccc4)cccc1-c1ccccc1)c1cc(-n4c5ccccc5c5cc6c(cc54)C4(c5ccccc5-c5ccccc54)c4ccccc4-6)ccc1B3c1ccc(CCn3c4ccccc4c4cc5c(cc43)C3(c4ccccc4-c4ccccc43)c3ccccc3-5)cc1N2CCc1c(-c2ccccc2)cccc1-c1ccccc1. The molecule has 27 rings (SSSR count). The molecule has 2 aliphatic heterocycles. The number of aryl methyl sites for hydroxylation is 2. The predicted octanol–water partition coefficient (Wildman–Crippen LogP) is 28.7. The largest absolute Gasteiger partial charge is 0.342 e. The van der Waals surface area contributed by atoms with Crippen molar-refractivity contribution in [3.8, 4) is 94.7 Å². The van der Waals surface area contributed by atoms with E-state index in [1.165, 1.54) is 239 Å². The predicted molar refractivity (Wildman–Crippen MR) is 549 cm³/mol. The van der Waals surface area contributed by atoms with Gasteiger partial charge >= 0.3 is 0 Å². The Bertz CT molecular complexity index is 8140. The van der Waals surface area contributed by atoms with Gasteiger partial charge < -0.3 is 18.9 Å². The van der Waals surface area contributed by atoms with Crippen LogP contribution in [-0.4, -0.2) is 28.9 Å². The van der Waals surface area contributed by atoms with Crippen LogP contribution in [-0.2, 0) is 42.1 Å². The van der Waals surface area contributed by atoms with Crippen LogP contribution in [0.1, 0.15) is 87.5 Å². The average molecular weight is 1670 g/mol. The van der Waals surface area contributed by atoms with Crippen LogP contribution in [0.3, 0.4) is 0 Å². The van der Waals surface area contributed by atoms with E-state index in [-0.39, 0.29) is 12.1 Å². The Hall–Kier alpha value is -15.6. The zero-order valence-corrected chi connectivity index (χ0v) is 73.5. The summed E-state index contributed by atoms with van der Waals surface area (Å²) in [5, 5.41) is 5.07. The molecular formula is C126H91BN4. The molecule has 4 aliphatic carbocycles. The second-order valence-electron chi connectivity index (χ2n) is 38.1. The van der Waals surface area contributed by atoms with Crippen molar-refractivity contribution >= 4 is 89.5 Å². The summed E-state index contributed by atoms with van der Waals surface area (Å²) in [5.74, 6) is 0. The molecule has 4 nitrogen and oxygen atoms in total. The van der Waals surface area contributed by atoms with E-state index in [2.05, 4.69) is 464 Å². The third-order valence-corrected chi connectivity index (χ3v) is 30.6. The number of nitrogens with zero attached hydrogens (tertiary/aromatic N) is 4. The van der Waals surface area contributed by atoms with Gasteiger partial charge in [0.15, 0.2) is 0 Å². The highest BCUT2D eigenvalue weighted by Crippen LogP contribution is 2.66. The van der Waals surface area contributed by atoms with E-state index in [1.807, 2.05) is 0 Å². The zero-order valence-electron chi connectivity index (χ0n) is 73.5. The molecule has 19 aromatic carbocycles. The summed E-state index contributed by atoms with van der Waals surface area (Å²) >= 11 is 0. The molecule has 0 atom stereocenters. The number of rotatable bonds is 14. The zero-order chi connectivity index (χ0) is 86.5. The van der Waals surface area contributed by atoms with Crippen LogP contribution in [0.5, 0.6) is 0 Å². The van der Waals surface area contributed by atoms with Gasteiger partial charge in [0.25, 0.3) is 6.71 Å². The first-order chi connectivity index (χ1) is 64.6. The fourth-order valence-electron chi connectivity index (χ4n) is 25.0. The van der Waals surface area contributed by atoms with Crippen molar-refractivity contribution in [1.29, 1.82) is 0 Å². The number of anilines is 4. The first-order valence-corrected chi connectivity index (χ1v) is 46.8. The molecule has 0 fully saturated rings. The standard InChI is InChI=1S/C126H91BN4/c1-124(2,3)85-73-121-123-122(74-85)130(71-68-92-89(83-38-12-6-13-39-83)52-33-53-90(92)84-40-14-7-15-41-84)120-75-86(131-116-61-31-23-49-100(116)104-77-102-98-47-21-29-59-110(98)126(112(102)79-118(104)131)107-56-26-18-44-95(107)96-45-19-27-57-108(96)126)63-65-114(120)127(123)113-64-62-80(72-119(113)129(121)70-67-91-87(81-34-8-4-9-35-81)50-32-51-88(91)82-36-10-5-11-37-82)66-69-128-115-60-30-22-48-99(115)103-76-101-97-46-20-28-58-109(97)125(111(101)78-117(103)128)105-54-24-16-42-93(105)94-43-17-25-55-106(94)125/h4-65,72-79H,66-71H2,1-3H3. The smallest absolute Gasteiger partial charge is 0.252 e. The number of para-hydroxylation sites is 2. The van der Waals surface area contributed by atoms with Gasteiger partial charge in [-0.2, -0.15) is 0 Å². The van der Waals surface area contributed by atoms with Gasteiger partial charge in [-0.05, 0) is 264 Å². The average Bonchev–Trinajstić information content (AvgIpc) is 1.51. The van der Waals surface area contributed by atoms with Gasteiger partial charge in [0.05, 0.1) is 21.9 Å². The Labute approximate surface area is 765 Å². The fraction of sp³-hybridized carbons (Fsp3) is 0.0952. The maximum absolute atomic E-state index is 2.80. The summed E-state index contributed by atoms with van der Waals surface area (Å²) in [6, 6.07) is 163. The van der Waals surface area contributed by atoms with Crippen LogP contribution < -0.4 is 26.2 Å². The van der Waals surface area contributed by atoms with Gasteiger partial charge in [-0.3, -0.25) is 0 Å². The van der Waals surface area contributed by atoms with Crippen molar-refractivity contribution < 1.29 is 0 Å². The van der Waals surface area contributed by atoms with E-state index in [0.29, 0.717) is 6.54 Å². The Balaban J connectivity index is 0.678. The number of hydrogen-bond donors (Lipinski definition) is 0. The van der Waals surface area contributed by atoms with Crippen molar-refractivity contribution in [2.24, 2.45) is 0 Å². The number of fused-ring (bicyclic) bond motifs is 30. The lowest BCUT2D eigenvalue weighted by Gasteiger charge is -2.45. The van der Waals surface area contributed by atoms with E-state index < -0.39 is 10.8 Å². The second-order valence-corrected chi connectivity index (χ2v) is 38.1. The van der Waals surface area contributed by atoms with Crippen LogP contribution in [0.2, 0.25) is 0 Å². The van der Waals surface area contributed by atoms with Crippen molar-refractivity contribution in [1.82, 2.24) is 9.13 Å². The Morgan fingerprint density at radius 3 is 1.03 bits per heavy atom. The molecule has 0 radical (unpaired) electrons. The first kappa shape index (κ1) is 75.6. The molecule has 0 saturated carbocycles. The van der Waals surface area contributed by atoms with Crippen LogP contribution in [0.15, 0.2) is 425 Å². The summed E-state index contributed by atoms with van der Waals surface area (Å²) < 4.78 is 5.30. The molecule has 21 aromatic rings. The molecular weight excluding hydrogens is 1580 g/mol. The van der Waals surface area contributed by atoms with Gasteiger partial charge in [-0.15, -0.1) is 0 Å². The lowest BCUT2D eigenvalue weighted by Crippen LogP contribution is -2.62. The third kappa shape index (κ3) is 11.0. The quantitative estimate of drug-likeness (QED) is 0.101. The molecule has 131 heavy (non-hydrogen) atoms. The Morgan fingerprint density at radius 2 is 0.595 bits per heavy atom. The summed E-state index contributed by atoms with van der Waals surface area (Å²) in [6.07, 6.45) is 2.35. The lowest BCUT2D eigenvalue weighted by molar-refractivity contribution is 0.590. The summed E-state index contributed by atoms with van der Waals surface area (Å²) in [4.78, 5) is 5.60. The molecule has 2 spiro atoms. The van der Waals surface area contributed by atoms with Gasteiger partial charge in [0.2, 0.25) is 0 Å². The van der Waals surface area contributed by atoms with Crippen LogP contribution >= 0.6 is 0 Å². The highest BCUT2D eigenvalue weighted by molar-refractivity contribution is 7.00. The fourth-order valence-corrected chi connectivity index (χ4v) is 25.0. The Kier molecular flexibility index (Phi) is 16.7. The molecule has 618 valence electrons. The van der Waals surface area contributed by atoms with E-state index in [9.17, 15) is 0 Å². The molecule has 4 heterocycles. The van der Waals surface area contributed by atoms with Crippen molar-refractivity contribution in [3.63, 3.8) is 0 Å². The normalized spacial score (nSPS) is 13.9. The minimum Gasteiger partial charge on any atom is -0.342 e. The summed E-state index contributed by atoms with van der Waals surface area (Å²) in [6.45, 7) is 9.34. The maximum atomic E-state index is 2.80. The van der Waals surface area contributed by atoms with Crippen LogP contribution in [0.4, 0.5) is 22.7 Å². The molecule has 0 bridgehead atoms. The Morgan fingerprint density at radius 1 is 0.244 bits per heavy atom. The van der Waals surface area contributed by atoms with E-state index in [1.54, 1.807) is 0 Å². The van der Waals surface area contributed by atoms with E-state index in [0.717, 1.165) is 38.0 Å². The monoisotopic (exact) mass is 1670 g/mol. The number of benzene rings is 19. The molecule has 0 N–H and O–H groups in total. The summed E-state index contributed by atoms with van der Waals surface area (Å²) in [5.41, 5.74) is 50.3. The maximum Gasteiger partial charge on any atom is 0.252 e. The highest BCUT2D eigenvalue weighted by atomic mass is 15.2. The van der Waals surface area contributed by atoms with Gasteiger partial charge in [-0.1, -0.05) is 379 Å². The van der Waals surface area contributed by atoms with Crippen molar-refractivity contribution in [2.45, 2.75) is 62.8 Å². The number of aromatic nitrogens is 2. The van der Waals surface area contributed by atoms with Gasteiger partial charge in [0, 0.05) is 80.6 Å². The lowest BCUT2D eigenvalue weighted by atomic mass is 9.33. The third-order valence-electron chi connectivity index (χ3n) is 30.6. The minimum absolute atomic E-state index is 0.147. The molecule has 0 saturated heterocycles. The van der Waals surface area contributed by atoms with Crippen LogP contribution in [0, 0.1) is 0 Å².